The Morgan fingerprint density at radius 2 is 2.00 bits per heavy atom. The van der Waals surface area contributed by atoms with Gasteiger partial charge in [0.25, 0.3) is 0 Å². The van der Waals surface area contributed by atoms with Crippen molar-refractivity contribution < 1.29 is 4.74 Å². The Hall–Kier alpha value is -0.120. The van der Waals surface area contributed by atoms with E-state index < -0.39 is 0 Å². The van der Waals surface area contributed by atoms with Crippen LogP contribution in [0.2, 0.25) is 0 Å². The van der Waals surface area contributed by atoms with Crippen LogP contribution >= 0.6 is 0 Å². The maximum atomic E-state index is 6.38. The molecule has 0 bridgehead atoms. The van der Waals surface area contributed by atoms with E-state index in [2.05, 4.69) is 25.7 Å². The third kappa shape index (κ3) is 2.01. The molecule has 1 spiro atoms. The molecule has 0 aromatic rings. The fourth-order valence-electron chi connectivity index (χ4n) is 3.20. The average molecular weight is 226 g/mol. The van der Waals surface area contributed by atoms with Crippen molar-refractivity contribution in [3.05, 3.63) is 0 Å². The number of piperidine rings is 1. The molecular formula is C13H26N2O. The zero-order chi connectivity index (χ0) is 11.8. The molecule has 0 aliphatic carbocycles. The van der Waals surface area contributed by atoms with Gasteiger partial charge in [0.1, 0.15) is 0 Å². The number of rotatable bonds is 2. The Balaban J connectivity index is 1.97. The smallest absolute Gasteiger partial charge is 0.0729 e. The highest BCUT2D eigenvalue weighted by Crippen LogP contribution is 2.42. The van der Waals surface area contributed by atoms with E-state index in [1.807, 2.05) is 0 Å². The Labute approximate surface area is 99.3 Å². The van der Waals surface area contributed by atoms with Gasteiger partial charge in [-0.1, -0.05) is 6.92 Å². The van der Waals surface area contributed by atoms with E-state index in [0.29, 0.717) is 12.1 Å². The Bertz CT molecular complexity index is 234. The van der Waals surface area contributed by atoms with Gasteiger partial charge in [-0.05, 0) is 46.2 Å². The Morgan fingerprint density at radius 1 is 1.38 bits per heavy atom. The molecule has 0 aromatic carbocycles. The summed E-state index contributed by atoms with van der Waals surface area (Å²) in [4.78, 5) is 2.55. The van der Waals surface area contributed by atoms with E-state index in [1.165, 1.54) is 25.9 Å². The fraction of sp³-hybridized carbons (Fsp3) is 1.00. The summed E-state index contributed by atoms with van der Waals surface area (Å²) in [5.41, 5.74) is 6.66. The van der Waals surface area contributed by atoms with E-state index in [0.717, 1.165) is 13.0 Å². The highest BCUT2D eigenvalue weighted by atomic mass is 16.5. The number of ether oxygens (including phenoxy) is 1. The van der Waals surface area contributed by atoms with Crippen LogP contribution in [0.1, 0.15) is 40.0 Å². The summed E-state index contributed by atoms with van der Waals surface area (Å²) in [6, 6.07) is 0.921. The summed E-state index contributed by atoms with van der Waals surface area (Å²) in [6.07, 6.45) is 3.77. The number of hydrogen-bond acceptors (Lipinski definition) is 3. The third-order valence-electron chi connectivity index (χ3n) is 4.62. The van der Waals surface area contributed by atoms with E-state index >= 15 is 0 Å². The van der Waals surface area contributed by atoms with E-state index in [9.17, 15) is 0 Å². The van der Waals surface area contributed by atoms with Crippen molar-refractivity contribution >= 4 is 0 Å². The zero-order valence-corrected chi connectivity index (χ0v) is 10.9. The molecular weight excluding hydrogens is 200 g/mol. The minimum absolute atomic E-state index is 0.256. The highest BCUT2D eigenvalue weighted by Gasteiger charge is 2.48. The maximum Gasteiger partial charge on any atom is 0.0729 e. The Kier molecular flexibility index (Phi) is 3.57. The molecule has 3 heteroatoms. The van der Waals surface area contributed by atoms with Crippen LogP contribution < -0.4 is 5.73 Å². The summed E-state index contributed by atoms with van der Waals surface area (Å²) in [6.45, 7) is 9.98. The first-order valence-electron chi connectivity index (χ1n) is 6.70. The van der Waals surface area contributed by atoms with Crippen LogP contribution in [0.25, 0.3) is 0 Å². The van der Waals surface area contributed by atoms with Gasteiger partial charge in [0.15, 0.2) is 0 Å². The van der Waals surface area contributed by atoms with E-state index in [-0.39, 0.29) is 11.5 Å². The van der Waals surface area contributed by atoms with Crippen LogP contribution in [-0.4, -0.2) is 42.8 Å². The van der Waals surface area contributed by atoms with Crippen LogP contribution in [0.15, 0.2) is 0 Å². The molecule has 2 fully saturated rings. The predicted octanol–water partition coefficient (Wildman–Crippen LogP) is 1.61. The Morgan fingerprint density at radius 3 is 2.44 bits per heavy atom. The topological polar surface area (TPSA) is 38.5 Å². The van der Waals surface area contributed by atoms with Crippen molar-refractivity contribution in [3.8, 4) is 0 Å². The lowest BCUT2D eigenvalue weighted by Gasteiger charge is -2.42. The second-order valence-electron chi connectivity index (χ2n) is 5.78. The van der Waals surface area contributed by atoms with Crippen LogP contribution in [0.4, 0.5) is 0 Å². The van der Waals surface area contributed by atoms with Crippen molar-refractivity contribution in [1.82, 2.24) is 4.90 Å². The highest BCUT2D eigenvalue weighted by molar-refractivity contribution is 5.01. The van der Waals surface area contributed by atoms with Gasteiger partial charge in [0.05, 0.1) is 12.7 Å². The van der Waals surface area contributed by atoms with Crippen molar-refractivity contribution in [1.29, 1.82) is 0 Å². The average Bonchev–Trinajstić information content (AvgIpc) is 2.58. The maximum absolute atomic E-state index is 6.38. The largest absolute Gasteiger partial charge is 0.376 e. The lowest BCUT2D eigenvalue weighted by molar-refractivity contribution is 0.0541. The summed E-state index contributed by atoms with van der Waals surface area (Å²) in [7, 11) is 0. The van der Waals surface area contributed by atoms with Gasteiger partial charge < -0.3 is 15.4 Å². The molecule has 0 radical (unpaired) electrons. The molecule has 2 N–H and O–H groups in total. The van der Waals surface area contributed by atoms with Crippen LogP contribution in [0.5, 0.6) is 0 Å². The number of nitrogens with zero attached hydrogens (tertiary/aromatic N) is 1. The molecule has 2 atom stereocenters. The van der Waals surface area contributed by atoms with Crippen LogP contribution in [0.3, 0.4) is 0 Å². The molecule has 1 unspecified atom stereocenters. The van der Waals surface area contributed by atoms with E-state index in [1.54, 1.807) is 0 Å². The lowest BCUT2D eigenvalue weighted by atomic mass is 9.73. The van der Waals surface area contributed by atoms with Crippen molar-refractivity contribution in [2.75, 3.05) is 19.7 Å². The van der Waals surface area contributed by atoms with Gasteiger partial charge in [-0.2, -0.15) is 0 Å². The lowest BCUT2D eigenvalue weighted by Crippen LogP contribution is -2.52. The van der Waals surface area contributed by atoms with Crippen molar-refractivity contribution in [2.45, 2.75) is 58.2 Å². The summed E-state index contributed by atoms with van der Waals surface area (Å²) in [5, 5.41) is 0. The first kappa shape index (κ1) is 12.3. The van der Waals surface area contributed by atoms with Crippen molar-refractivity contribution in [3.63, 3.8) is 0 Å². The zero-order valence-electron chi connectivity index (χ0n) is 10.9. The molecule has 0 amide bonds. The number of hydrogen-bond donors (Lipinski definition) is 1. The van der Waals surface area contributed by atoms with Crippen LogP contribution in [0, 0.1) is 5.41 Å². The first-order valence-corrected chi connectivity index (χ1v) is 6.70. The van der Waals surface area contributed by atoms with Crippen molar-refractivity contribution in [2.24, 2.45) is 11.1 Å². The third-order valence-corrected chi connectivity index (χ3v) is 4.62. The molecule has 3 nitrogen and oxygen atoms in total. The second-order valence-corrected chi connectivity index (χ2v) is 5.78. The molecule has 94 valence electrons. The normalized spacial score (nSPS) is 35.1. The molecule has 2 saturated heterocycles. The molecule has 0 saturated carbocycles. The van der Waals surface area contributed by atoms with Crippen LogP contribution in [-0.2, 0) is 4.74 Å². The number of nitrogens with two attached hydrogens (primary N) is 1. The fourth-order valence-corrected chi connectivity index (χ4v) is 3.20. The summed E-state index contributed by atoms with van der Waals surface area (Å²) >= 11 is 0. The SMILES string of the molecule is CCC1OCC2(CCN(C(C)C)CC2)[C@@H]1N. The monoisotopic (exact) mass is 226 g/mol. The predicted molar refractivity (Wildman–Crippen MR) is 66.4 cm³/mol. The van der Waals surface area contributed by atoms with Gasteiger partial charge in [-0.3, -0.25) is 0 Å². The van der Waals surface area contributed by atoms with Gasteiger partial charge >= 0.3 is 0 Å². The van der Waals surface area contributed by atoms with Gasteiger partial charge in [0.2, 0.25) is 0 Å². The molecule has 16 heavy (non-hydrogen) atoms. The van der Waals surface area contributed by atoms with E-state index in [4.69, 9.17) is 10.5 Å². The summed E-state index contributed by atoms with van der Waals surface area (Å²) < 4.78 is 5.86. The van der Waals surface area contributed by atoms with Gasteiger partial charge in [-0.15, -0.1) is 0 Å². The minimum atomic E-state index is 0.256. The van der Waals surface area contributed by atoms with Gasteiger partial charge in [-0.25, -0.2) is 0 Å². The molecule has 2 aliphatic rings. The van der Waals surface area contributed by atoms with Gasteiger partial charge in [0, 0.05) is 17.5 Å². The quantitative estimate of drug-likeness (QED) is 0.777. The molecule has 2 aliphatic heterocycles. The second kappa shape index (κ2) is 4.63. The summed E-state index contributed by atoms with van der Waals surface area (Å²) in [5.74, 6) is 0. The minimum Gasteiger partial charge on any atom is -0.376 e. The molecule has 2 rings (SSSR count). The standard InChI is InChI=1S/C13H26N2O/c1-4-11-12(14)13(9-16-11)5-7-15(8-6-13)10(2)3/h10-12H,4-9,14H2,1-3H3/t11?,12-/m1/s1. The number of likely N-dealkylation sites (tertiary alicyclic amines) is 1. The first-order chi connectivity index (χ1) is 7.59. The molecule has 2 heterocycles. The molecule has 0 aromatic heterocycles.